The second-order valence-electron chi connectivity index (χ2n) is 5.83. The minimum atomic E-state index is -0.212. The zero-order valence-electron chi connectivity index (χ0n) is 12.7. The molecule has 0 amide bonds. The summed E-state index contributed by atoms with van der Waals surface area (Å²) in [6.07, 6.45) is 17.4. The first kappa shape index (κ1) is 13.1. The minimum absolute atomic E-state index is 0.212. The van der Waals surface area contributed by atoms with Gasteiger partial charge in [0.1, 0.15) is 6.26 Å². The molecule has 4 aliphatic rings. The van der Waals surface area contributed by atoms with Crippen LogP contribution in [0.1, 0.15) is 0 Å². The van der Waals surface area contributed by atoms with Crippen molar-refractivity contribution in [3.8, 4) is 0 Å². The topological polar surface area (TPSA) is 61.8 Å². The van der Waals surface area contributed by atoms with Gasteiger partial charge in [0.2, 0.25) is 0 Å². The summed E-state index contributed by atoms with van der Waals surface area (Å²) in [4.78, 5) is 12.5. The highest BCUT2D eigenvalue weighted by Crippen LogP contribution is 2.17. The standard InChI is InChI=1S/C19H14N4O/c1-2-13-8-15-5-6-17(22-15)10-19-23-18(11-24-19)9-16-4-3-14(21-16)7-12(1)20-13/h1-11,19,21,23H. The van der Waals surface area contributed by atoms with E-state index in [-0.39, 0.29) is 6.23 Å². The fourth-order valence-corrected chi connectivity index (χ4v) is 2.89. The van der Waals surface area contributed by atoms with E-state index in [0.29, 0.717) is 0 Å². The SMILES string of the molecule is C1=CC2=NC1=CC1NC(=CO1)C=c1ccc([nH]1)=CC1=NC(=C2)C=C1. The summed E-state index contributed by atoms with van der Waals surface area (Å²) in [5, 5.41) is 5.32. The van der Waals surface area contributed by atoms with Gasteiger partial charge >= 0.3 is 0 Å². The summed E-state index contributed by atoms with van der Waals surface area (Å²) in [6, 6.07) is 4.07. The van der Waals surface area contributed by atoms with Crippen molar-refractivity contribution in [2.24, 2.45) is 9.98 Å². The van der Waals surface area contributed by atoms with Gasteiger partial charge in [0.15, 0.2) is 6.23 Å². The average Bonchev–Trinajstić information content (AvgIpc) is 3.32. The Bertz CT molecular complexity index is 1060. The summed E-state index contributed by atoms with van der Waals surface area (Å²) >= 11 is 0. The third kappa shape index (κ3) is 2.46. The molecule has 1 aromatic heterocycles. The highest BCUT2D eigenvalue weighted by molar-refractivity contribution is 6.19. The first-order valence-electron chi connectivity index (χ1n) is 7.78. The van der Waals surface area contributed by atoms with Gasteiger partial charge in [-0.25, -0.2) is 9.98 Å². The molecule has 5 heterocycles. The van der Waals surface area contributed by atoms with Crippen molar-refractivity contribution in [3.05, 3.63) is 82.6 Å². The van der Waals surface area contributed by atoms with Crippen LogP contribution in [0.15, 0.2) is 81.9 Å². The molecule has 0 spiro atoms. The maximum Gasteiger partial charge on any atom is 0.191 e. The maximum absolute atomic E-state index is 5.63. The summed E-state index contributed by atoms with van der Waals surface area (Å²) in [5.41, 5.74) is 4.50. The van der Waals surface area contributed by atoms with Crippen molar-refractivity contribution < 1.29 is 4.74 Å². The van der Waals surface area contributed by atoms with Gasteiger partial charge in [-0.15, -0.1) is 0 Å². The monoisotopic (exact) mass is 314 g/mol. The predicted octanol–water partition coefficient (Wildman–Crippen LogP) is 1.17. The Morgan fingerprint density at radius 2 is 1.58 bits per heavy atom. The van der Waals surface area contributed by atoms with Gasteiger partial charge in [-0.3, -0.25) is 0 Å². The van der Waals surface area contributed by atoms with Crippen molar-refractivity contribution in [1.29, 1.82) is 0 Å². The molecule has 4 aliphatic heterocycles. The number of aromatic nitrogens is 1. The number of hydrogen-bond donors (Lipinski definition) is 2. The Morgan fingerprint density at radius 3 is 2.50 bits per heavy atom. The van der Waals surface area contributed by atoms with E-state index in [1.54, 1.807) is 6.26 Å². The van der Waals surface area contributed by atoms with Crippen LogP contribution in [-0.2, 0) is 4.74 Å². The highest BCUT2D eigenvalue weighted by Gasteiger charge is 2.15. The molecule has 116 valence electrons. The maximum atomic E-state index is 5.63. The fraction of sp³-hybridized carbons (Fsp3) is 0.0526. The Morgan fingerprint density at radius 1 is 0.833 bits per heavy atom. The molecule has 8 bridgehead atoms. The number of aromatic amines is 1. The number of ether oxygens (including phenoxy) is 1. The second-order valence-corrected chi connectivity index (χ2v) is 5.83. The molecule has 0 aliphatic carbocycles. The van der Waals surface area contributed by atoms with Crippen LogP contribution in [0, 0.1) is 0 Å². The van der Waals surface area contributed by atoms with Gasteiger partial charge in [0.25, 0.3) is 0 Å². The number of H-pyrrole nitrogens is 1. The van der Waals surface area contributed by atoms with Gasteiger partial charge in [-0.2, -0.15) is 0 Å². The molecule has 1 aromatic rings. The summed E-state index contributed by atoms with van der Waals surface area (Å²) < 4.78 is 5.63. The molecule has 0 aromatic carbocycles. The average molecular weight is 314 g/mol. The first-order valence-corrected chi connectivity index (χ1v) is 7.78. The molecular formula is C19H14N4O. The van der Waals surface area contributed by atoms with Crippen LogP contribution in [0.5, 0.6) is 0 Å². The lowest BCUT2D eigenvalue weighted by molar-refractivity contribution is 0.196. The van der Waals surface area contributed by atoms with Gasteiger partial charge in [0.05, 0.1) is 28.5 Å². The smallest absolute Gasteiger partial charge is 0.191 e. The normalized spacial score (nSPS) is 23.2. The summed E-state index contributed by atoms with van der Waals surface area (Å²) in [6.45, 7) is 0. The van der Waals surface area contributed by atoms with Crippen LogP contribution in [0.2, 0.25) is 0 Å². The van der Waals surface area contributed by atoms with E-state index >= 15 is 0 Å². The molecule has 0 saturated heterocycles. The quantitative estimate of drug-likeness (QED) is 0.755. The zero-order valence-corrected chi connectivity index (χ0v) is 12.7. The highest BCUT2D eigenvalue weighted by atomic mass is 16.5. The fourth-order valence-electron chi connectivity index (χ4n) is 2.89. The van der Waals surface area contributed by atoms with Crippen LogP contribution in [0.25, 0.3) is 12.2 Å². The van der Waals surface area contributed by atoms with Crippen molar-refractivity contribution in [3.63, 3.8) is 0 Å². The van der Waals surface area contributed by atoms with E-state index in [2.05, 4.69) is 20.3 Å². The van der Waals surface area contributed by atoms with Gasteiger partial charge in [-0.1, -0.05) is 0 Å². The lowest BCUT2D eigenvalue weighted by atomic mass is 10.3. The predicted molar refractivity (Wildman–Crippen MR) is 94.4 cm³/mol. The second kappa shape index (κ2) is 5.09. The zero-order chi connectivity index (χ0) is 15.9. The largest absolute Gasteiger partial charge is 0.472 e. The molecule has 0 radical (unpaired) electrons. The molecule has 5 heteroatoms. The molecular weight excluding hydrogens is 300 g/mol. The molecule has 24 heavy (non-hydrogen) atoms. The number of nitrogens with one attached hydrogen (secondary N) is 2. The molecule has 1 atom stereocenters. The van der Waals surface area contributed by atoms with E-state index in [0.717, 1.165) is 39.2 Å². The Labute approximate surface area is 138 Å². The van der Waals surface area contributed by atoms with E-state index in [1.165, 1.54) is 0 Å². The number of rotatable bonds is 0. The number of allylic oxidation sites excluding steroid dienone is 6. The summed E-state index contributed by atoms with van der Waals surface area (Å²) in [5.74, 6) is 0. The Hall–Kier alpha value is -3.34. The van der Waals surface area contributed by atoms with Crippen LogP contribution >= 0.6 is 0 Å². The van der Waals surface area contributed by atoms with Crippen LogP contribution in [-0.4, -0.2) is 22.6 Å². The Kier molecular flexibility index (Phi) is 2.79. The molecule has 2 N–H and O–H groups in total. The number of hydrogen-bond acceptors (Lipinski definition) is 4. The molecule has 1 unspecified atom stereocenters. The molecule has 5 rings (SSSR count). The van der Waals surface area contributed by atoms with Crippen LogP contribution in [0.4, 0.5) is 0 Å². The lowest BCUT2D eigenvalue weighted by Crippen LogP contribution is -2.22. The van der Waals surface area contributed by atoms with E-state index in [4.69, 9.17) is 4.74 Å². The van der Waals surface area contributed by atoms with Crippen molar-refractivity contribution in [1.82, 2.24) is 10.3 Å². The summed E-state index contributed by atoms with van der Waals surface area (Å²) in [7, 11) is 0. The van der Waals surface area contributed by atoms with Crippen molar-refractivity contribution >= 4 is 23.6 Å². The molecule has 5 nitrogen and oxygen atoms in total. The van der Waals surface area contributed by atoms with Crippen molar-refractivity contribution in [2.75, 3.05) is 0 Å². The molecule has 0 saturated carbocycles. The van der Waals surface area contributed by atoms with Gasteiger partial charge in [-0.05, 0) is 54.7 Å². The Balaban J connectivity index is 1.65. The van der Waals surface area contributed by atoms with E-state index in [9.17, 15) is 0 Å². The number of aliphatic imine (C=N–C) groups is 2. The minimum Gasteiger partial charge on any atom is -0.472 e. The van der Waals surface area contributed by atoms with Gasteiger partial charge < -0.3 is 15.0 Å². The van der Waals surface area contributed by atoms with E-state index < -0.39 is 0 Å². The first-order chi connectivity index (χ1) is 11.8. The number of fused-ring (bicyclic) bond motifs is 6. The van der Waals surface area contributed by atoms with Gasteiger partial charge in [0, 0.05) is 16.8 Å². The lowest BCUT2D eigenvalue weighted by Gasteiger charge is -2.06. The van der Waals surface area contributed by atoms with Crippen LogP contribution in [0.3, 0.4) is 0 Å². The van der Waals surface area contributed by atoms with Crippen LogP contribution < -0.4 is 16.0 Å². The number of nitrogens with zero attached hydrogens (tertiary/aromatic N) is 2. The third-order valence-corrected chi connectivity index (χ3v) is 3.98. The van der Waals surface area contributed by atoms with Crippen molar-refractivity contribution in [2.45, 2.75) is 6.23 Å². The van der Waals surface area contributed by atoms with E-state index in [1.807, 2.05) is 60.7 Å². The third-order valence-electron chi connectivity index (χ3n) is 3.98. The molecule has 0 fully saturated rings.